The SMILES string of the molecule is C=C1NCC2(CCCCC2)n2c1cc1cnc(C)nc12.CC.CCCN(CCC)c1ccc(C)nc1. The van der Waals surface area contributed by atoms with Gasteiger partial charge in [0.15, 0.2) is 0 Å². The molecule has 1 spiro atoms. The molecule has 1 saturated carbocycles. The zero-order valence-corrected chi connectivity index (χ0v) is 23.4. The van der Waals surface area contributed by atoms with Gasteiger partial charge >= 0.3 is 0 Å². The summed E-state index contributed by atoms with van der Waals surface area (Å²) in [6.07, 6.45) is 12.7. The number of aromatic nitrogens is 4. The van der Waals surface area contributed by atoms with E-state index in [9.17, 15) is 0 Å². The van der Waals surface area contributed by atoms with Crippen LogP contribution < -0.4 is 10.2 Å². The highest BCUT2D eigenvalue weighted by molar-refractivity contribution is 5.83. The Morgan fingerprint density at radius 2 is 1.69 bits per heavy atom. The Hall–Kier alpha value is -2.89. The summed E-state index contributed by atoms with van der Waals surface area (Å²) in [5.74, 6) is 0.841. The highest BCUT2D eigenvalue weighted by Crippen LogP contribution is 2.41. The quantitative estimate of drug-likeness (QED) is 0.417. The van der Waals surface area contributed by atoms with Crippen LogP contribution in [0.25, 0.3) is 16.7 Å². The number of fused-ring (bicyclic) bond motifs is 4. The van der Waals surface area contributed by atoms with Gasteiger partial charge in [-0.3, -0.25) is 4.98 Å². The maximum absolute atomic E-state index is 4.72. The molecule has 1 aliphatic carbocycles. The highest BCUT2D eigenvalue weighted by atomic mass is 15.2. The van der Waals surface area contributed by atoms with E-state index in [0.717, 1.165) is 47.9 Å². The lowest BCUT2D eigenvalue weighted by Crippen LogP contribution is -2.48. The van der Waals surface area contributed by atoms with Crippen molar-refractivity contribution in [3.63, 3.8) is 0 Å². The molecule has 1 N–H and O–H groups in total. The van der Waals surface area contributed by atoms with E-state index in [0.29, 0.717) is 0 Å². The molecule has 1 aliphatic heterocycles. The summed E-state index contributed by atoms with van der Waals surface area (Å²) in [5, 5.41) is 4.64. The van der Waals surface area contributed by atoms with Gasteiger partial charge in [0.2, 0.25) is 0 Å². The fraction of sp³-hybridized carbons (Fsp3) is 0.567. The van der Waals surface area contributed by atoms with Crippen LogP contribution in [0.3, 0.4) is 0 Å². The van der Waals surface area contributed by atoms with E-state index >= 15 is 0 Å². The van der Waals surface area contributed by atoms with Crippen molar-refractivity contribution >= 4 is 22.4 Å². The Kier molecular flexibility index (Phi) is 9.91. The lowest BCUT2D eigenvalue weighted by Gasteiger charge is -2.44. The molecule has 5 rings (SSSR count). The number of nitrogens with zero attached hydrogens (tertiary/aromatic N) is 5. The lowest BCUT2D eigenvalue weighted by molar-refractivity contribution is 0.189. The molecule has 4 heterocycles. The van der Waals surface area contributed by atoms with E-state index in [4.69, 9.17) is 4.98 Å². The van der Waals surface area contributed by atoms with E-state index in [1.165, 1.54) is 56.3 Å². The Morgan fingerprint density at radius 1 is 1.00 bits per heavy atom. The Morgan fingerprint density at radius 3 is 2.31 bits per heavy atom. The van der Waals surface area contributed by atoms with Gasteiger partial charge in [-0.2, -0.15) is 0 Å². The van der Waals surface area contributed by atoms with Crippen LogP contribution in [-0.4, -0.2) is 39.2 Å². The van der Waals surface area contributed by atoms with Crippen molar-refractivity contribution in [1.82, 2.24) is 24.8 Å². The maximum atomic E-state index is 4.72. The van der Waals surface area contributed by atoms with Gasteiger partial charge in [0.1, 0.15) is 11.5 Å². The highest BCUT2D eigenvalue weighted by Gasteiger charge is 2.39. The molecule has 0 amide bonds. The summed E-state index contributed by atoms with van der Waals surface area (Å²) in [6.45, 7) is 19.8. The van der Waals surface area contributed by atoms with Crippen molar-refractivity contribution in [2.45, 2.75) is 92.0 Å². The minimum atomic E-state index is 0.178. The van der Waals surface area contributed by atoms with Crippen LogP contribution in [0, 0.1) is 13.8 Å². The van der Waals surface area contributed by atoms with Crippen molar-refractivity contribution in [2.75, 3.05) is 24.5 Å². The first-order chi connectivity index (χ1) is 17.5. The molecule has 0 radical (unpaired) electrons. The van der Waals surface area contributed by atoms with Crippen molar-refractivity contribution in [3.8, 4) is 0 Å². The second kappa shape index (κ2) is 12.9. The normalized spacial score (nSPS) is 15.8. The number of rotatable bonds is 5. The fourth-order valence-corrected chi connectivity index (χ4v) is 5.38. The van der Waals surface area contributed by atoms with Gasteiger partial charge in [-0.1, -0.05) is 53.5 Å². The number of anilines is 1. The van der Waals surface area contributed by atoms with E-state index < -0.39 is 0 Å². The summed E-state index contributed by atoms with van der Waals surface area (Å²) in [7, 11) is 0. The second-order valence-corrected chi connectivity index (χ2v) is 9.82. The summed E-state index contributed by atoms with van der Waals surface area (Å²) in [6, 6.07) is 6.42. The van der Waals surface area contributed by atoms with E-state index in [2.05, 4.69) is 63.4 Å². The van der Waals surface area contributed by atoms with Gasteiger partial charge in [-0.25, -0.2) is 9.97 Å². The third kappa shape index (κ3) is 6.08. The molecule has 2 aliphatic rings. The van der Waals surface area contributed by atoms with Crippen molar-refractivity contribution in [3.05, 3.63) is 54.4 Å². The number of hydrogen-bond donors (Lipinski definition) is 1. The van der Waals surface area contributed by atoms with Crippen LogP contribution in [-0.2, 0) is 5.54 Å². The zero-order chi connectivity index (χ0) is 26.1. The molecule has 0 bridgehead atoms. The Bertz CT molecular complexity index is 1100. The van der Waals surface area contributed by atoms with Crippen LogP contribution in [0.1, 0.15) is 89.9 Å². The van der Waals surface area contributed by atoms with Gasteiger partial charge in [0, 0.05) is 36.9 Å². The molecule has 1 fully saturated rings. The minimum Gasteiger partial charge on any atom is -0.381 e. The average Bonchev–Trinajstić information content (AvgIpc) is 3.29. The van der Waals surface area contributed by atoms with E-state index in [1.54, 1.807) is 0 Å². The first kappa shape index (κ1) is 27.7. The maximum Gasteiger partial charge on any atom is 0.144 e. The largest absolute Gasteiger partial charge is 0.381 e. The predicted octanol–water partition coefficient (Wildman–Crippen LogP) is 7.02. The average molecular weight is 491 g/mol. The predicted molar refractivity (Wildman–Crippen MR) is 153 cm³/mol. The first-order valence-corrected chi connectivity index (χ1v) is 13.9. The van der Waals surface area contributed by atoms with E-state index in [1.807, 2.05) is 40.1 Å². The molecular weight excluding hydrogens is 444 g/mol. The molecule has 0 unspecified atom stereocenters. The molecule has 36 heavy (non-hydrogen) atoms. The molecule has 6 heteroatoms. The van der Waals surface area contributed by atoms with Gasteiger partial charge in [0.25, 0.3) is 0 Å². The van der Waals surface area contributed by atoms with Crippen molar-refractivity contribution in [2.24, 2.45) is 0 Å². The molecule has 196 valence electrons. The molecule has 3 aromatic rings. The molecular formula is C30H46N6. The summed E-state index contributed by atoms with van der Waals surface area (Å²) in [5.41, 5.74) is 5.79. The van der Waals surface area contributed by atoms with Gasteiger partial charge in [-0.05, 0) is 57.7 Å². The minimum absolute atomic E-state index is 0.178. The number of hydrogen-bond acceptors (Lipinski definition) is 5. The fourth-order valence-electron chi connectivity index (χ4n) is 5.38. The van der Waals surface area contributed by atoms with Gasteiger partial charge in [-0.15, -0.1) is 0 Å². The first-order valence-electron chi connectivity index (χ1n) is 13.9. The van der Waals surface area contributed by atoms with Gasteiger partial charge in [0.05, 0.1) is 28.8 Å². The van der Waals surface area contributed by atoms with Crippen molar-refractivity contribution < 1.29 is 0 Å². The Balaban J connectivity index is 0.000000200. The number of pyridine rings is 1. The Labute approximate surface area is 218 Å². The molecule has 3 aromatic heterocycles. The van der Waals surface area contributed by atoms with Crippen molar-refractivity contribution in [1.29, 1.82) is 0 Å². The molecule has 0 atom stereocenters. The summed E-state index contributed by atoms with van der Waals surface area (Å²) in [4.78, 5) is 15.8. The van der Waals surface area contributed by atoms with Crippen LogP contribution in [0.4, 0.5) is 5.69 Å². The van der Waals surface area contributed by atoms with Crippen LogP contribution >= 0.6 is 0 Å². The summed E-state index contributed by atoms with van der Waals surface area (Å²) < 4.78 is 2.45. The van der Waals surface area contributed by atoms with Crippen LogP contribution in [0.2, 0.25) is 0 Å². The molecule has 0 saturated heterocycles. The van der Waals surface area contributed by atoms with Gasteiger partial charge < -0.3 is 14.8 Å². The van der Waals surface area contributed by atoms with Crippen LogP contribution in [0.15, 0.2) is 37.2 Å². The topological polar surface area (TPSA) is 58.9 Å². The standard InChI is InChI=1S/C16H20N4.C12H20N2.C2H6/c1-11-14-8-13-9-17-12(2)19-15(13)20(14)16(10-18-11)6-4-3-5-7-16;1-4-8-14(9-5-2)12-7-6-11(3)13-10-12;1-2/h8-9,18H,1,3-7,10H2,2H3;6-7,10H,4-5,8-9H2,1-3H3;1-2H3. The smallest absolute Gasteiger partial charge is 0.144 e. The van der Waals surface area contributed by atoms with E-state index in [-0.39, 0.29) is 5.54 Å². The lowest BCUT2D eigenvalue weighted by atomic mass is 9.80. The number of nitrogens with one attached hydrogen (secondary N) is 1. The number of aryl methyl sites for hydroxylation is 2. The third-order valence-corrected chi connectivity index (χ3v) is 7.11. The molecule has 0 aromatic carbocycles. The monoisotopic (exact) mass is 490 g/mol. The van der Waals surface area contributed by atoms with Crippen LogP contribution in [0.5, 0.6) is 0 Å². The zero-order valence-electron chi connectivity index (χ0n) is 23.4. The second-order valence-electron chi connectivity index (χ2n) is 9.82. The third-order valence-electron chi connectivity index (χ3n) is 7.11. The molecule has 6 nitrogen and oxygen atoms in total. The summed E-state index contributed by atoms with van der Waals surface area (Å²) >= 11 is 0.